The van der Waals surface area contributed by atoms with Crippen LogP contribution in [0.1, 0.15) is 19.4 Å². The van der Waals surface area contributed by atoms with Crippen LogP contribution in [-0.4, -0.2) is 17.3 Å². The van der Waals surface area contributed by atoms with Crippen LogP contribution in [0.5, 0.6) is 17.2 Å². The highest BCUT2D eigenvalue weighted by Crippen LogP contribution is 2.34. The lowest BCUT2D eigenvalue weighted by atomic mass is 10.2. The minimum atomic E-state index is -0.122. The molecule has 0 atom stereocenters. The van der Waals surface area contributed by atoms with E-state index in [-0.39, 0.29) is 11.5 Å². The van der Waals surface area contributed by atoms with Crippen molar-refractivity contribution >= 4 is 0 Å². The first-order valence-corrected chi connectivity index (χ1v) is 4.22. The van der Waals surface area contributed by atoms with Gasteiger partial charge >= 0.3 is 0 Å². The zero-order valence-corrected chi connectivity index (χ0v) is 8.46. The molecule has 0 bridgehead atoms. The molecule has 0 spiro atoms. The van der Waals surface area contributed by atoms with Crippen LogP contribution >= 0.6 is 0 Å². The maximum Gasteiger partial charge on any atom is 0.164 e. The van der Waals surface area contributed by atoms with Crippen molar-refractivity contribution < 1.29 is 14.9 Å². The summed E-state index contributed by atoms with van der Waals surface area (Å²) in [4.78, 5) is 0. The third kappa shape index (κ3) is 2.54. The van der Waals surface area contributed by atoms with E-state index in [1.807, 2.05) is 13.8 Å². The summed E-state index contributed by atoms with van der Waals surface area (Å²) in [6.45, 7) is 5.67. The molecule has 0 saturated heterocycles. The molecule has 3 heteroatoms. The van der Waals surface area contributed by atoms with Crippen molar-refractivity contribution in [2.24, 2.45) is 0 Å². The fourth-order valence-electron chi connectivity index (χ4n) is 0.888. The van der Waals surface area contributed by atoms with Crippen LogP contribution in [-0.2, 0) is 0 Å². The van der Waals surface area contributed by atoms with E-state index in [4.69, 9.17) is 9.84 Å². The Morgan fingerprint density at radius 2 is 1.69 bits per heavy atom. The van der Waals surface area contributed by atoms with E-state index in [0.717, 1.165) is 0 Å². The number of methoxy groups -OCH3 is 1. The molecule has 74 valence electrons. The molecule has 0 heterocycles. The summed E-state index contributed by atoms with van der Waals surface area (Å²) in [7, 11) is 1.51. The second-order valence-corrected chi connectivity index (χ2v) is 2.26. The standard InChI is InChI=1S/C8H10O3.C2H6/c1-5-7(11-2)4-3-6(9)8(5)10;1-2/h3-4,9-10H,1-2H3;1-2H3. The Balaban J connectivity index is 0.000000671. The molecular weight excluding hydrogens is 168 g/mol. The van der Waals surface area contributed by atoms with Crippen LogP contribution in [0.3, 0.4) is 0 Å². The summed E-state index contributed by atoms with van der Waals surface area (Å²) >= 11 is 0. The lowest BCUT2D eigenvalue weighted by molar-refractivity contribution is 0.381. The lowest BCUT2D eigenvalue weighted by Crippen LogP contribution is -1.86. The van der Waals surface area contributed by atoms with Gasteiger partial charge in [0.15, 0.2) is 11.5 Å². The molecule has 0 aliphatic heterocycles. The molecule has 0 aliphatic carbocycles. The fourth-order valence-corrected chi connectivity index (χ4v) is 0.888. The largest absolute Gasteiger partial charge is 0.504 e. The highest BCUT2D eigenvalue weighted by molar-refractivity contribution is 5.51. The van der Waals surface area contributed by atoms with Crippen LogP contribution in [0, 0.1) is 6.92 Å². The monoisotopic (exact) mass is 184 g/mol. The Labute approximate surface area is 78.6 Å². The second-order valence-electron chi connectivity index (χ2n) is 2.26. The number of hydrogen-bond acceptors (Lipinski definition) is 3. The summed E-state index contributed by atoms with van der Waals surface area (Å²) in [5, 5.41) is 18.2. The van der Waals surface area contributed by atoms with Gasteiger partial charge < -0.3 is 14.9 Å². The fraction of sp³-hybridized carbons (Fsp3) is 0.400. The summed E-state index contributed by atoms with van der Waals surface area (Å²) < 4.78 is 4.91. The van der Waals surface area contributed by atoms with Gasteiger partial charge in [-0.05, 0) is 19.1 Å². The van der Waals surface area contributed by atoms with E-state index in [1.54, 1.807) is 13.0 Å². The lowest BCUT2D eigenvalue weighted by Gasteiger charge is -2.06. The predicted molar refractivity (Wildman–Crippen MR) is 52.4 cm³/mol. The predicted octanol–water partition coefficient (Wildman–Crippen LogP) is 2.44. The quantitative estimate of drug-likeness (QED) is 0.659. The van der Waals surface area contributed by atoms with Crippen molar-refractivity contribution in [2.75, 3.05) is 7.11 Å². The molecule has 0 amide bonds. The van der Waals surface area contributed by atoms with Gasteiger partial charge in [-0.25, -0.2) is 0 Å². The number of rotatable bonds is 1. The maximum absolute atomic E-state index is 9.19. The van der Waals surface area contributed by atoms with Crippen LogP contribution in [0.4, 0.5) is 0 Å². The van der Waals surface area contributed by atoms with Gasteiger partial charge in [0.05, 0.1) is 7.11 Å². The first kappa shape index (κ1) is 11.6. The topological polar surface area (TPSA) is 49.7 Å². The molecule has 0 saturated carbocycles. The minimum absolute atomic E-state index is 0.121. The van der Waals surface area contributed by atoms with Gasteiger partial charge in [-0.2, -0.15) is 0 Å². The molecule has 0 unspecified atom stereocenters. The maximum atomic E-state index is 9.19. The van der Waals surface area contributed by atoms with Gasteiger partial charge in [0.25, 0.3) is 0 Å². The summed E-state index contributed by atoms with van der Waals surface area (Å²) in [5.41, 5.74) is 0.549. The first-order valence-electron chi connectivity index (χ1n) is 4.22. The van der Waals surface area contributed by atoms with E-state index < -0.39 is 0 Å². The molecule has 3 nitrogen and oxygen atoms in total. The molecule has 0 aromatic heterocycles. The average Bonchev–Trinajstić information content (AvgIpc) is 2.18. The zero-order valence-electron chi connectivity index (χ0n) is 8.46. The van der Waals surface area contributed by atoms with Crippen LogP contribution in [0.25, 0.3) is 0 Å². The third-order valence-electron chi connectivity index (χ3n) is 1.58. The molecular formula is C10H16O3. The molecule has 0 fully saturated rings. The Morgan fingerprint density at radius 1 is 1.15 bits per heavy atom. The molecule has 0 aliphatic rings. The number of hydrogen-bond donors (Lipinski definition) is 2. The second kappa shape index (κ2) is 5.30. The average molecular weight is 184 g/mol. The molecule has 1 rings (SSSR count). The van der Waals surface area contributed by atoms with E-state index in [9.17, 15) is 5.11 Å². The van der Waals surface area contributed by atoms with Gasteiger partial charge in [0, 0.05) is 5.56 Å². The van der Waals surface area contributed by atoms with Crippen molar-refractivity contribution in [3.05, 3.63) is 17.7 Å². The number of phenols is 2. The minimum Gasteiger partial charge on any atom is -0.504 e. The number of aromatic hydroxyl groups is 2. The zero-order chi connectivity index (χ0) is 10.4. The number of benzene rings is 1. The van der Waals surface area contributed by atoms with Gasteiger partial charge in [-0.3, -0.25) is 0 Å². The normalized spacial score (nSPS) is 8.62. The SMILES string of the molecule is CC.COc1ccc(O)c(O)c1C. The van der Waals surface area contributed by atoms with E-state index in [1.165, 1.54) is 13.2 Å². The summed E-state index contributed by atoms with van der Waals surface area (Å²) in [6.07, 6.45) is 0. The number of phenolic OH excluding ortho intramolecular Hbond substituents is 2. The Kier molecular flexibility index (Phi) is 4.74. The van der Waals surface area contributed by atoms with Crippen molar-refractivity contribution in [1.82, 2.24) is 0 Å². The van der Waals surface area contributed by atoms with Crippen molar-refractivity contribution in [3.8, 4) is 17.2 Å². The molecule has 13 heavy (non-hydrogen) atoms. The Bertz CT molecular complexity index is 269. The smallest absolute Gasteiger partial charge is 0.164 e. The molecule has 2 N–H and O–H groups in total. The molecule has 1 aromatic rings. The van der Waals surface area contributed by atoms with Crippen LogP contribution < -0.4 is 4.74 Å². The van der Waals surface area contributed by atoms with Crippen molar-refractivity contribution in [1.29, 1.82) is 0 Å². The number of ether oxygens (including phenoxy) is 1. The Hall–Kier alpha value is -1.38. The van der Waals surface area contributed by atoms with Crippen LogP contribution in [0.15, 0.2) is 12.1 Å². The first-order chi connectivity index (χ1) is 6.16. The van der Waals surface area contributed by atoms with Crippen molar-refractivity contribution in [3.63, 3.8) is 0 Å². The highest BCUT2D eigenvalue weighted by atomic mass is 16.5. The van der Waals surface area contributed by atoms with Gasteiger partial charge in [0.1, 0.15) is 5.75 Å². The summed E-state index contributed by atoms with van der Waals surface area (Å²) in [6, 6.07) is 2.99. The van der Waals surface area contributed by atoms with Crippen molar-refractivity contribution in [2.45, 2.75) is 20.8 Å². The summed E-state index contributed by atoms with van der Waals surface area (Å²) in [5.74, 6) is 0.327. The van der Waals surface area contributed by atoms with E-state index in [2.05, 4.69) is 0 Å². The van der Waals surface area contributed by atoms with Gasteiger partial charge in [-0.1, -0.05) is 13.8 Å². The molecule has 0 radical (unpaired) electrons. The van der Waals surface area contributed by atoms with Gasteiger partial charge in [-0.15, -0.1) is 0 Å². The third-order valence-corrected chi connectivity index (χ3v) is 1.58. The van der Waals surface area contributed by atoms with Gasteiger partial charge in [0.2, 0.25) is 0 Å². The molecule has 1 aromatic carbocycles. The Morgan fingerprint density at radius 3 is 2.15 bits per heavy atom. The van der Waals surface area contributed by atoms with E-state index in [0.29, 0.717) is 11.3 Å². The van der Waals surface area contributed by atoms with Crippen LogP contribution in [0.2, 0.25) is 0 Å². The van der Waals surface area contributed by atoms with E-state index >= 15 is 0 Å². The highest BCUT2D eigenvalue weighted by Gasteiger charge is 2.06.